The van der Waals surface area contributed by atoms with E-state index in [1.165, 1.54) is 23.5 Å². The number of likely N-dealkylation sites (tertiary alicyclic amines) is 1. The van der Waals surface area contributed by atoms with Crippen LogP contribution in [0.15, 0.2) is 29.2 Å². The van der Waals surface area contributed by atoms with E-state index in [4.69, 9.17) is 0 Å². The third-order valence-electron chi connectivity index (χ3n) is 8.04. The minimum Gasteiger partial charge on any atom is -0.339 e. The molecule has 206 valence electrons. The predicted molar refractivity (Wildman–Crippen MR) is 150 cm³/mol. The molecule has 3 aliphatic rings. The van der Waals surface area contributed by atoms with Crippen LogP contribution in [-0.2, 0) is 23.0 Å². The number of piperidine rings is 2. The third kappa shape index (κ3) is 5.54. The van der Waals surface area contributed by atoms with Crippen molar-refractivity contribution in [2.24, 2.45) is 5.92 Å². The van der Waals surface area contributed by atoms with Gasteiger partial charge in [-0.3, -0.25) is 14.5 Å². The second-order valence-electron chi connectivity index (χ2n) is 10.8. The molecule has 2 aromatic rings. The fourth-order valence-electron chi connectivity index (χ4n) is 5.76. The average Bonchev–Trinajstić information content (AvgIpc) is 3.29. The highest BCUT2D eigenvalue weighted by Crippen LogP contribution is 2.38. The summed E-state index contributed by atoms with van der Waals surface area (Å²) < 4.78 is 27.8. The lowest BCUT2D eigenvalue weighted by atomic mass is 10.0. The summed E-state index contributed by atoms with van der Waals surface area (Å²) in [6.45, 7) is 9.40. The maximum Gasteiger partial charge on any atom is 0.257 e. The predicted octanol–water partition coefficient (Wildman–Crippen LogP) is 4.43. The van der Waals surface area contributed by atoms with Gasteiger partial charge < -0.3 is 10.2 Å². The van der Waals surface area contributed by atoms with Crippen LogP contribution in [0.25, 0.3) is 0 Å². The highest BCUT2D eigenvalue weighted by atomic mass is 32.2. The van der Waals surface area contributed by atoms with Gasteiger partial charge in [0.25, 0.3) is 11.8 Å². The first-order chi connectivity index (χ1) is 18.3. The molecule has 1 unspecified atom stereocenters. The van der Waals surface area contributed by atoms with Crippen molar-refractivity contribution in [2.75, 3.05) is 44.6 Å². The van der Waals surface area contributed by atoms with E-state index in [0.717, 1.165) is 81.7 Å². The van der Waals surface area contributed by atoms with E-state index in [1.54, 1.807) is 16.4 Å². The Morgan fingerprint density at radius 1 is 1.03 bits per heavy atom. The van der Waals surface area contributed by atoms with E-state index in [-0.39, 0.29) is 16.7 Å². The van der Waals surface area contributed by atoms with Crippen LogP contribution in [-0.4, -0.2) is 73.6 Å². The fourth-order valence-corrected chi connectivity index (χ4v) is 8.64. The van der Waals surface area contributed by atoms with E-state index < -0.39 is 10.0 Å². The maximum atomic E-state index is 13.6. The van der Waals surface area contributed by atoms with Crippen LogP contribution in [0.3, 0.4) is 0 Å². The van der Waals surface area contributed by atoms with E-state index in [0.29, 0.717) is 35.1 Å². The molecule has 1 atom stereocenters. The first kappa shape index (κ1) is 27.3. The Hall–Kier alpha value is -2.27. The van der Waals surface area contributed by atoms with Gasteiger partial charge in [-0.05, 0) is 80.8 Å². The van der Waals surface area contributed by atoms with Gasteiger partial charge in [0.15, 0.2) is 0 Å². The van der Waals surface area contributed by atoms with Gasteiger partial charge >= 0.3 is 0 Å². The number of thiophene rings is 1. The molecule has 2 fully saturated rings. The van der Waals surface area contributed by atoms with Crippen LogP contribution >= 0.6 is 11.3 Å². The molecule has 5 rings (SSSR count). The van der Waals surface area contributed by atoms with Crippen molar-refractivity contribution in [2.45, 2.75) is 63.8 Å². The molecular formula is C28H38N4O4S2. The van der Waals surface area contributed by atoms with Gasteiger partial charge in [-0.2, -0.15) is 4.31 Å². The summed E-state index contributed by atoms with van der Waals surface area (Å²) in [5.74, 6) is 0.0188. The van der Waals surface area contributed by atoms with Crippen molar-refractivity contribution < 1.29 is 18.0 Å². The smallest absolute Gasteiger partial charge is 0.257 e. The Morgan fingerprint density at radius 3 is 2.45 bits per heavy atom. The Kier molecular flexibility index (Phi) is 8.23. The molecule has 1 aromatic heterocycles. The quantitative estimate of drug-likeness (QED) is 0.567. The summed E-state index contributed by atoms with van der Waals surface area (Å²) in [5, 5.41) is 3.62. The second-order valence-corrected chi connectivity index (χ2v) is 13.8. The Bertz CT molecular complexity index is 1280. The van der Waals surface area contributed by atoms with Crippen LogP contribution in [0.4, 0.5) is 5.00 Å². The molecule has 1 N–H and O–H groups in total. The molecule has 8 nitrogen and oxygen atoms in total. The molecule has 0 radical (unpaired) electrons. The zero-order chi connectivity index (χ0) is 26.9. The number of rotatable bonds is 6. The van der Waals surface area contributed by atoms with Gasteiger partial charge in [0, 0.05) is 49.7 Å². The van der Waals surface area contributed by atoms with E-state index in [9.17, 15) is 18.0 Å². The zero-order valence-electron chi connectivity index (χ0n) is 22.4. The largest absolute Gasteiger partial charge is 0.339 e. The van der Waals surface area contributed by atoms with Gasteiger partial charge in [0.1, 0.15) is 5.00 Å². The van der Waals surface area contributed by atoms with Gasteiger partial charge in [0.2, 0.25) is 10.0 Å². The number of nitrogens with one attached hydrogen (secondary N) is 1. The normalized spacial score (nSPS) is 21.2. The van der Waals surface area contributed by atoms with Gasteiger partial charge in [-0.25, -0.2) is 8.42 Å². The molecule has 0 saturated carbocycles. The summed E-state index contributed by atoms with van der Waals surface area (Å²) >= 11 is 1.50. The van der Waals surface area contributed by atoms with Crippen molar-refractivity contribution in [1.29, 1.82) is 0 Å². The third-order valence-corrected chi connectivity index (χ3v) is 11.1. The van der Waals surface area contributed by atoms with Gasteiger partial charge in [-0.1, -0.05) is 13.8 Å². The minimum absolute atomic E-state index is 0.0136. The van der Waals surface area contributed by atoms with Crippen molar-refractivity contribution >= 4 is 38.2 Å². The van der Waals surface area contributed by atoms with Gasteiger partial charge in [0.05, 0.1) is 10.5 Å². The van der Waals surface area contributed by atoms with Crippen molar-refractivity contribution in [3.05, 3.63) is 45.8 Å². The lowest BCUT2D eigenvalue weighted by molar-refractivity contribution is 0.0724. The van der Waals surface area contributed by atoms with Crippen LogP contribution in [0, 0.1) is 5.92 Å². The van der Waals surface area contributed by atoms with E-state index >= 15 is 0 Å². The van der Waals surface area contributed by atoms with E-state index in [1.807, 2.05) is 4.90 Å². The fraction of sp³-hybridized carbons (Fsp3) is 0.571. The lowest BCUT2D eigenvalue weighted by Gasteiger charge is -2.30. The number of anilines is 1. The molecule has 2 saturated heterocycles. The number of benzene rings is 1. The molecule has 1 aromatic carbocycles. The van der Waals surface area contributed by atoms with Crippen molar-refractivity contribution in [1.82, 2.24) is 14.1 Å². The summed E-state index contributed by atoms with van der Waals surface area (Å²) in [4.78, 5) is 32.6. The zero-order valence-corrected chi connectivity index (χ0v) is 24.0. The number of nitrogens with zero attached hydrogens (tertiary/aromatic N) is 3. The molecule has 0 spiro atoms. The molecule has 0 aliphatic carbocycles. The topological polar surface area (TPSA) is 90.0 Å². The van der Waals surface area contributed by atoms with Crippen molar-refractivity contribution in [3.8, 4) is 0 Å². The number of likely N-dealkylation sites (N-methyl/N-ethyl adjacent to an activating group) is 1. The molecule has 2 amide bonds. The van der Waals surface area contributed by atoms with Crippen LogP contribution in [0.5, 0.6) is 0 Å². The number of hydrogen-bond donors (Lipinski definition) is 1. The molecular weight excluding hydrogens is 520 g/mol. The van der Waals surface area contributed by atoms with Crippen LogP contribution < -0.4 is 5.32 Å². The summed E-state index contributed by atoms with van der Waals surface area (Å²) in [5.41, 5.74) is 2.09. The SMILES string of the molecule is CCN1CCc2c(sc(NC(=O)c3ccc(S(=O)(=O)N4CCCC(C)C4)cc3)c2C(=O)N2CCCCC2)C1. The maximum absolute atomic E-state index is 13.6. The summed E-state index contributed by atoms with van der Waals surface area (Å²) in [7, 11) is -3.59. The molecule has 3 aliphatic heterocycles. The van der Waals surface area contributed by atoms with Crippen LogP contribution in [0.1, 0.15) is 77.1 Å². The summed E-state index contributed by atoms with van der Waals surface area (Å²) in [6, 6.07) is 6.16. The minimum atomic E-state index is -3.59. The van der Waals surface area contributed by atoms with Crippen molar-refractivity contribution in [3.63, 3.8) is 0 Å². The van der Waals surface area contributed by atoms with E-state index in [2.05, 4.69) is 24.1 Å². The molecule has 38 heavy (non-hydrogen) atoms. The summed E-state index contributed by atoms with van der Waals surface area (Å²) in [6.07, 6.45) is 5.86. The number of carbonyl (C=O) groups is 2. The molecule has 10 heteroatoms. The standard InChI is InChI=1S/C28H38N4O4S2/c1-3-30-17-13-23-24(19-30)37-27(25(23)28(34)31-14-5-4-6-15-31)29-26(33)21-9-11-22(12-10-21)38(35,36)32-16-7-8-20(2)18-32/h9-12,20H,3-8,13-19H2,1-2H3,(H,29,33). The number of fused-ring (bicyclic) bond motifs is 1. The molecule has 4 heterocycles. The first-order valence-electron chi connectivity index (χ1n) is 13.9. The average molecular weight is 559 g/mol. The molecule has 0 bridgehead atoms. The number of carbonyl (C=O) groups excluding carboxylic acids is 2. The highest BCUT2D eigenvalue weighted by molar-refractivity contribution is 7.89. The number of sulfonamides is 1. The Morgan fingerprint density at radius 2 is 1.76 bits per heavy atom. The second kappa shape index (κ2) is 11.5. The van der Waals surface area contributed by atoms with Gasteiger partial charge in [-0.15, -0.1) is 11.3 Å². The Balaban J connectivity index is 1.38. The highest BCUT2D eigenvalue weighted by Gasteiger charge is 2.32. The first-order valence-corrected chi connectivity index (χ1v) is 16.1. The van der Waals surface area contributed by atoms with Crippen LogP contribution in [0.2, 0.25) is 0 Å². The number of hydrogen-bond acceptors (Lipinski definition) is 6. The number of amides is 2. The Labute approximate surface area is 230 Å². The lowest BCUT2D eigenvalue weighted by Crippen LogP contribution is -2.39. The monoisotopic (exact) mass is 558 g/mol.